The molecule has 0 saturated carbocycles. The molecule has 0 amide bonds. The predicted octanol–water partition coefficient (Wildman–Crippen LogP) is 5.10. The van der Waals surface area contributed by atoms with Crippen molar-refractivity contribution in [3.05, 3.63) is 81.2 Å². The molecule has 3 heterocycles. The van der Waals surface area contributed by atoms with Gasteiger partial charge in [-0.2, -0.15) is 0 Å². The van der Waals surface area contributed by atoms with Gasteiger partial charge in [-0.25, -0.2) is 4.79 Å². The Labute approximate surface area is 201 Å². The number of nitrogens with zero attached hydrogens (tertiary/aromatic N) is 1. The third-order valence-corrected chi connectivity index (χ3v) is 7.50. The molecule has 172 valence electrons. The van der Waals surface area contributed by atoms with Gasteiger partial charge in [-0.3, -0.25) is 4.90 Å². The van der Waals surface area contributed by atoms with Crippen LogP contribution in [0.3, 0.4) is 0 Å². The number of fused-ring (bicyclic) bond motifs is 1. The number of carbonyl (C=O) groups is 1. The van der Waals surface area contributed by atoms with Crippen molar-refractivity contribution in [2.75, 3.05) is 20.8 Å². The largest absolute Gasteiger partial charge is 0.497 e. The second-order valence-electron chi connectivity index (χ2n) is 8.02. The number of thiophene rings is 1. The molecule has 5 rings (SSSR count). The highest BCUT2D eigenvalue weighted by Gasteiger charge is 2.49. The minimum atomic E-state index is -0.378. The Bertz CT molecular complexity index is 1150. The fourth-order valence-corrected chi connectivity index (χ4v) is 5.57. The Hall–Kier alpha value is -2.42. The van der Waals surface area contributed by atoms with E-state index in [1.165, 1.54) is 16.2 Å². The molecule has 2 aromatic carbocycles. The van der Waals surface area contributed by atoms with Gasteiger partial charge in [-0.15, -0.1) is 11.3 Å². The Balaban J connectivity index is 1.33. The number of ether oxygens (including phenoxy) is 4. The summed E-state index contributed by atoms with van der Waals surface area (Å²) in [6.45, 7) is 1.57. The SMILES string of the molecule is COc1ccc(C(=O)Oc2cc3c(s2)CCN([C@@H](c2ccccc2Cl)C2OC2OC)C3)cc1. The molecule has 1 aromatic heterocycles. The van der Waals surface area contributed by atoms with E-state index in [4.69, 9.17) is 30.5 Å². The molecule has 6 nitrogen and oxygen atoms in total. The van der Waals surface area contributed by atoms with Crippen LogP contribution >= 0.6 is 22.9 Å². The first kappa shape index (κ1) is 22.4. The number of carbonyl (C=O) groups excluding carboxylic acids is 1. The Morgan fingerprint density at radius 2 is 1.97 bits per heavy atom. The normalized spacial score (nSPS) is 20.7. The topological polar surface area (TPSA) is 60.5 Å². The molecule has 3 atom stereocenters. The van der Waals surface area contributed by atoms with Gasteiger partial charge < -0.3 is 18.9 Å². The summed E-state index contributed by atoms with van der Waals surface area (Å²) < 4.78 is 22.1. The van der Waals surface area contributed by atoms with Gasteiger partial charge in [0.15, 0.2) is 11.4 Å². The number of halogens is 1. The molecule has 8 heteroatoms. The highest BCUT2D eigenvalue weighted by Crippen LogP contribution is 2.44. The van der Waals surface area contributed by atoms with Crippen molar-refractivity contribution >= 4 is 28.9 Å². The molecule has 1 fully saturated rings. The lowest BCUT2D eigenvalue weighted by molar-refractivity contribution is 0.0740. The molecular formula is C25H24ClNO5S. The van der Waals surface area contributed by atoms with E-state index in [2.05, 4.69) is 4.90 Å². The molecule has 0 bridgehead atoms. The third-order valence-electron chi connectivity index (χ3n) is 6.04. The first-order valence-electron chi connectivity index (χ1n) is 10.7. The number of hydrogen-bond acceptors (Lipinski definition) is 7. The van der Waals surface area contributed by atoms with Crippen molar-refractivity contribution in [2.45, 2.75) is 31.4 Å². The molecular weight excluding hydrogens is 462 g/mol. The van der Waals surface area contributed by atoms with Crippen LogP contribution in [0.1, 0.15) is 32.4 Å². The molecule has 33 heavy (non-hydrogen) atoms. The number of methoxy groups -OCH3 is 2. The van der Waals surface area contributed by atoms with E-state index in [0.29, 0.717) is 16.4 Å². The van der Waals surface area contributed by atoms with Gasteiger partial charge in [0.1, 0.15) is 11.9 Å². The van der Waals surface area contributed by atoms with E-state index < -0.39 is 0 Å². The zero-order chi connectivity index (χ0) is 22.9. The van der Waals surface area contributed by atoms with Crippen molar-refractivity contribution < 1.29 is 23.7 Å². The van der Waals surface area contributed by atoms with E-state index in [1.54, 1.807) is 38.5 Å². The quantitative estimate of drug-likeness (QED) is 0.343. The number of rotatable bonds is 7. The molecule has 2 unspecified atom stereocenters. The molecule has 0 spiro atoms. The lowest BCUT2D eigenvalue weighted by Crippen LogP contribution is -2.37. The maximum Gasteiger partial charge on any atom is 0.344 e. The molecule has 3 aromatic rings. The van der Waals surface area contributed by atoms with Crippen LogP contribution in [-0.2, 0) is 22.4 Å². The van der Waals surface area contributed by atoms with Crippen LogP contribution < -0.4 is 9.47 Å². The van der Waals surface area contributed by atoms with E-state index in [-0.39, 0.29) is 24.4 Å². The molecule has 0 radical (unpaired) electrons. The number of epoxide rings is 1. The second kappa shape index (κ2) is 9.44. The highest BCUT2D eigenvalue weighted by molar-refractivity contribution is 7.14. The molecule has 2 aliphatic heterocycles. The maximum atomic E-state index is 12.6. The van der Waals surface area contributed by atoms with Gasteiger partial charge in [-0.1, -0.05) is 29.8 Å². The Morgan fingerprint density at radius 3 is 2.67 bits per heavy atom. The van der Waals surface area contributed by atoms with E-state index in [0.717, 1.165) is 35.7 Å². The van der Waals surface area contributed by atoms with Gasteiger partial charge >= 0.3 is 5.97 Å². The average Bonchev–Trinajstić information content (AvgIpc) is 3.50. The fourth-order valence-electron chi connectivity index (χ4n) is 4.31. The summed E-state index contributed by atoms with van der Waals surface area (Å²) in [4.78, 5) is 16.2. The van der Waals surface area contributed by atoms with Crippen LogP contribution in [0.2, 0.25) is 5.02 Å². The number of benzene rings is 2. The Morgan fingerprint density at radius 1 is 1.18 bits per heavy atom. The van der Waals surface area contributed by atoms with Crippen molar-refractivity contribution in [3.8, 4) is 10.8 Å². The van der Waals surface area contributed by atoms with E-state index in [9.17, 15) is 4.79 Å². The first-order chi connectivity index (χ1) is 16.1. The van der Waals surface area contributed by atoms with Gasteiger partial charge in [-0.05, 0) is 53.9 Å². The van der Waals surface area contributed by atoms with Gasteiger partial charge in [0, 0.05) is 30.1 Å². The van der Waals surface area contributed by atoms with Gasteiger partial charge in [0.25, 0.3) is 0 Å². The maximum absolute atomic E-state index is 12.6. The first-order valence-corrected chi connectivity index (χ1v) is 11.9. The van der Waals surface area contributed by atoms with Crippen LogP contribution in [0.4, 0.5) is 0 Å². The van der Waals surface area contributed by atoms with E-state index >= 15 is 0 Å². The summed E-state index contributed by atoms with van der Waals surface area (Å²) in [5.74, 6) is 0.318. The molecule has 1 saturated heterocycles. The van der Waals surface area contributed by atoms with Crippen LogP contribution in [0.25, 0.3) is 0 Å². The van der Waals surface area contributed by atoms with E-state index in [1.807, 2.05) is 30.3 Å². The van der Waals surface area contributed by atoms with Gasteiger partial charge in [0.05, 0.1) is 18.7 Å². The zero-order valence-corrected chi connectivity index (χ0v) is 19.9. The highest BCUT2D eigenvalue weighted by atomic mass is 35.5. The average molecular weight is 486 g/mol. The molecule has 0 aliphatic carbocycles. The lowest BCUT2D eigenvalue weighted by Gasteiger charge is -2.34. The third kappa shape index (κ3) is 4.65. The minimum Gasteiger partial charge on any atom is -0.497 e. The fraction of sp³-hybridized carbons (Fsp3) is 0.320. The molecule has 0 N–H and O–H groups in total. The number of hydrogen-bond donors (Lipinski definition) is 0. The van der Waals surface area contributed by atoms with Crippen molar-refractivity contribution in [2.24, 2.45) is 0 Å². The van der Waals surface area contributed by atoms with Crippen LogP contribution in [-0.4, -0.2) is 44.0 Å². The standard InChI is InChI=1S/C25H24ClNO5S/c1-29-17-9-7-15(8-10-17)24(28)31-21-13-16-14-27(12-11-20(16)33-21)22(23-25(30-2)32-23)18-5-3-4-6-19(18)26/h3-10,13,22-23,25H,11-12,14H2,1-2H3/t22-,23?,25?/m0/s1. The minimum absolute atomic E-state index is 0.0120. The monoisotopic (exact) mass is 485 g/mol. The second-order valence-corrected chi connectivity index (χ2v) is 9.53. The van der Waals surface area contributed by atoms with Gasteiger partial charge in [0.2, 0.25) is 0 Å². The summed E-state index contributed by atoms with van der Waals surface area (Å²) in [6.07, 6.45) is 0.574. The smallest absolute Gasteiger partial charge is 0.344 e. The zero-order valence-electron chi connectivity index (χ0n) is 18.3. The lowest BCUT2D eigenvalue weighted by atomic mass is 9.98. The van der Waals surface area contributed by atoms with Crippen LogP contribution in [0.15, 0.2) is 54.6 Å². The summed E-state index contributed by atoms with van der Waals surface area (Å²) in [5.41, 5.74) is 2.68. The summed E-state index contributed by atoms with van der Waals surface area (Å²) >= 11 is 8.08. The summed E-state index contributed by atoms with van der Waals surface area (Å²) in [7, 11) is 3.25. The summed E-state index contributed by atoms with van der Waals surface area (Å²) in [5, 5.41) is 1.33. The van der Waals surface area contributed by atoms with Crippen molar-refractivity contribution in [1.29, 1.82) is 0 Å². The van der Waals surface area contributed by atoms with Crippen LogP contribution in [0, 0.1) is 0 Å². The van der Waals surface area contributed by atoms with Crippen molar-refractivity contribution in [3.63, 3.8) is 0 Å². The number of esters is 1. The Kier molecular flexibility index (Phi) is 6.40. The predicted molar refractivity (Wildman–Crippen MR) is 126 cm³/mol. The summed E-state index contributed by atoms with van der Waals surface area (Å²) in [6, 6.07) is 16.7. The van der Waals surface area contributed by atoms with Crippen LogP contribution in [0.5, 0.6) is 10.8 Å². The molecule has 2 aliphatic rings. The van der Waals surface area contributed by atoms with Crippen molar-refractivity contribution in [1.82, 2.24) is 4.90 Å².